The van der Waals surface area contributed by atoms with Gasteiger partial charge in [-0.25, -0.2) is 0 Å². The van der Waals surface area contributed by atoms with Crippen LogP contribution < -0.4 is 11.5 Å². The van der Waals surface area contributed by atoms with Crippen LogP contribution in [0.3, 0.4) is 0 Å². The Bertz CT molecular complexity index is 516. The maximum Gasteiger partial charge on any atom is 0.0325 e. The number of hydrogen-bond acceptors (Lipinski definition) is 4. The van der Waals surface area contributed by atoms with E-state index in [-0.39, 0.29) is 0 Å². The highest BCUT2D eigenvalue weighted by molar-refractivity contribution is 7.99. The van der Waals surface area contributed by atoms with Gasteiger partial charge in [0, 0.05) is 21.2 Å². The smallest absolute Gasteiger partial charge is 0.0325 e. The van der Waals surface area contributed by atoms with E-state index in [1.54, 1.807) is 23.5 Å². The van der Waals surface area contributed by atoms with Crippen molar-refractivity contribution in [2.45, 2.75) is 9.79 Å². The van der Waals surface area contributed by atoms with E-state index in [2.05, 4.69) is 24.6 Å². The van der Waals surface area contributed by atoms with Crippen molar-refractivity contribution in [1.82, 2.24) is 0 Å². The van der Waals surface area contributed by atoms with Crippen molar-refractivity contribution >= 4 is 34.9 Å². The van der Waals surface area contributed by atoms with Gasteiger partial charge in [-0.05, 0) is 47.9 Å². The first-order valence-corrected chi connectivity index (χ1v) is 7.98. The van der Waals surface area contributed by atoms with E-state index in [1.807, 2.05) is 24.3 Å². The molecule has 0 spiro atoms. The second kappa shape index (κ2) is 5.59. The number of nitrogens with two attached hydrogens (primary N) is 2. The summed E-state index contributed by atoms with van der Waals surface area (Å²) < 4.78 is 0. The molecule has 0 aliphatic carbocycles. The molecule has 0 aliphatic heterocycles. The fourth-order valence-electron chi connectivity index (χ4n) is 1.86. The van der Waals surface area contributed by atoms with Gasteiger partial charge in [0.05, 0.1) is 0 Å². The zero-order valence-electron chi connectivity index (χ0n) is 10.4. The minimum Gasteiger partial charge on any atom is -0.399 e. The molecule has 0 unspecified atom stereocenters. The number of hydrogen-bond donors (Lipinski definition) is 2. The molecule has 0 bridgehead atoms. The molecular weight excluding hydrogens is 260 g/mol. The molecule has 0 fully saturated rings. The zero-order chi connectivity index (χ0) is 13.1. The van der Waals surface area contributed by atoms with Gasteiger partial charge >= 0.3 is 0 Å². The van der Waals surface area contributed by atoms with Gasteiger partial charge in [0.25, 0.3) is 0 Å². The first-order valence-electron chi connectivity index (χ1n) is 5.53. The van der Waals surface area contributed by atoms with Crippen LogP contribution in [0, 0.1) is 0 Å². The van der Waals surface area contributed by atoms with Crippen LogP contribution >= 0.6 is 23.5 Å². The molecule has 0 aliphatic rings. The Kier molecular flexibility index (Phi) is 4.09. The lowest BCUT2D eigenvalue weighted by molar-refractivity contribution is 1.38. The zero-order valence-corrected chi connectivity index (χ0v) is 12.1. The molecule has 4 N–H and O–H groups in total. The monoisotopic (exact) mass is 276 g/mol. The topological polar surface area (TPSA) is 52.0 Å². The van der Waals surface area contributed by atoms with Crippen molar-refractivity contribution in [3.63, 3.8) is 0 Å². The molecule has 94 valence electrons. The molecule has 2 aromatic carbocycles. The van der Waals surface area contributed by atoms with Crippen LogP contribution in [0.25, 0.3) is 11.1 Å². The lowest BCUT2D eigenvalue weighted by atomic mass is 10.0. The Labute approximate surface area is 116 Å². The van der Waals surface area contributed by atoms with Gasteiger partial charge in [-0.3, -0.25) is 0 Å². The van der Waals surface area contributed by atoms with Crippen molar-refractivity contribution in [3.8, 4) is 11.1 Å². The Morgan fingerprint density at radius 1 is 0.722 bits per heavy atom. The maximum absolute atomic E-state index is 5.84. The molecule has 18 heavy (non-hydrogen) atoms. The molecule has 0 radical (unpaired) electrons. The standard InChI is InChI=1S/C14H16N2S2/c1-17-13-7-9(15)3-5-11(13)12-6-4-10(16)8-14(12)18-2/h3-8H,15-16H2,1-2H3. The predicted molar refractivity (Wildman–Crippen MR) is 84.3 cm³/mol. The van der Waals surface area contributed by atoms with Crippen molar-refractivity contribution in [3.05, 3.63) is 36.4 Å². The Morgan fingerprint density at radius 2 is 1.11 bits per heavy atom. The highest BCUT2D eigenvalue weighted by Crippen LogP contribution is 2.37. The highest BCUT2D eigenvalue weighted by Gasteiger charge is 2.09. The number of thioether (sulfide) groups is 2. The van der Waals surface area contributed by atoms with E-state index in [0.29, 0.717) is 0 Å². The van der Waals surface area contributed by atoms with Gasteiger partial charge in [0.1, 0.15) is 0 Å². The van der Waals surface area contributed by atoms with E-state index in [0.717, 1.165) is 11.4 Å². The first kappa shape index (κ1) is 13.2. The molecule has 0 saturated carbocycles. The molecule has 0 amide bonds. The van der Waals surface area contributed by atoms with E-state index in [4.69, 9.17) is 11.5 Å². The van der Waals surface area contributed by atoms with Crippen LogP contribution in [0.2, 0.25) is 0 Å². The van der Waals surface area contributed by atoms with Crippen molar-refractivity contribution in [2.75, 3.05) is 24.0 Å². The van der Waals surface area contributed by atoms with Crippen molar-refractivity contribution < 1.29 is 0 Å². The second-order valence-corrected chi connectivity index (χ2v) is 5.62. The number of rotatable bonds is 3. The maximum atomic E-state index is 5.84. The molecule has 2 aromatic rings. The highest BCUT2D eigenvalue weighted by atomic mass is 32.2. The Morgan fingerprint density at radius 3 is 1.44 bits per heavy atom. The van der Waals surface area contributed by atoms with E-state index < -0.39 is 0 Å². The minimum atomic E-state index is 0.796. The second-order valence-electron chi connectivity index (χ2n) is 3.92. The molecule has 0 atom stereocenters. The third kappa shape index (κ3) is 2.60. The quantitative estimate of drug-likeness (QED) is 0.658. The van der Waals surface area contributed by atoms with E-state index in [1.165, 1.54) is 20.9 Å². The number of benzene rings is 2. The van der Waals surface area contributed by atoms with Crippen molar-refractivity contribution in [2.24, 2.45) is 0 Å². The largest absolute Gasteiger partial charge is 0.399 e. The lowest BCUT2D eigenvalue weighted by Crippen LogP contribution is -1.91. The van der Waals surface area contributed by atoms with Crippen molar-refractivity contribution in [1.29, 1.82) is 0 Å². The summed E-state index contributed by atoms with van der Waals surface area (Å²) in [6, 6.07) is 12.1. The average Bonchev–Trinajstić information content (AvgIpc) is 2.38. The fraction of sp³-hybridized carbons (Fsp3) is 0.143. The van der Waals surface area contributed by atoms with Gasteiger partial charge in [0.2, 0.25) is 0 Å². The molecule has 0 saturated heterocycles. The molecule has 2 nitrogen and oxygen atoms in total. The Hall–Kier alpha value is -1.26. The minimum absolute atomic E-state index is 0.796. The van der Waals surface area contributed by atoms with Gasteiger partial charge in [-0.15, -0.1) is 23.5 Å². The summed E-state index contributed by atoms with van der Waals surface area (Å²) in [7, 11) is 0. The number of nitrogen functional groups attached to an aromatic ring is 2. The van der Waals surface area contributed by atoms with Crippen LogP contribution in [0.15, 0.2) is 46.2 Å². The lowest BCUT2D eigenvalue weighted by Gasteiger charge is -2.12. The van der Waals surface area contributed by atoms with Crippen LogP contribution in [-0.4, -0.2) is 12.5 Å². The molecule has 0 heterocycles. The Balaban J connectivity index is 2.61. The molecule has 0 aromatic heterocycles. The van der Waals surface area contributed by atoms with Crippen LogP contribution in [0.5, 0.6) is 0 Å². The summed E-state index contributed by atoms with van der Waals surface area (Å²) in [5.41, 5.74) is 15.7. The molecule has 4 heteroatoms. The van der Waals surface area contributed by atoms with Crippen LogP contribution in [0.4, 0.5) is 11.4 Å². The van der Waals surface area contributed by atoms with E-state index >= 15 is 0 Å². The first-order chi connectivity index (χ1) is 8.65. The molecule has 2 rings (SSSR count). The summed E-state index contributed by atoms with van der Waals surface area (Å²) in [5, 5.41) is 0. The summed E-state index contributed by atoms with van der Waals surface area (Å²) in [6.45, 7) is 0. The average molecular weight is 276 g/mol. The third-order valence-electron chi connectivity index (χ3n) is 2.74. The summed E-state index contributed by atoms with van der Waals surface area (Å²) in [4.78, 5) is 2.38. The SMILES string of the molecule is CSc1cc(N)ccc1-c1ccc(N)cc1SC. The van der Waals surface area contributed by atoms with Crippen LogP contribution in [0.1, 0.15) is 0 Å². The predicted octanol–water partition coefficient (Wildman–Crippen LogP) is 3.96. The third-order valence-corrected chi connectivity index (χ3v) is 4.30. The van der Waals surface area contributed by atoms with Gasteiger partial charge in [-0.1, -0.05) is 12.1 Å². The fourth-order valence-corrected chi connectivity index (χ4v) is 3.16. The van der Waals surface area contributed by atoms with Gasteiger partial charge in [-0.2, -0.15) is 0 Å². The molecular formula is C14H16N2S2. The summed E-state index contributed by atoms with van der Waals surface area (Å²) in [5.74, 6) is 0. The summed E-state index contributed by atoms with van der Waals surface area (Å²) in [6.07, 6.45) is 4.13. The summed E-state index contributed by atoms with van der Waals surface area (Å²) >= 11 is 3.41. The van der Waals surface area contributed by atoms with Crippen LogP contribution in [-0.2, 0) is 0 Å². The normalized spacial score (nSPS) is 10.6. The van der Waals surface area contributed by atoms with Gasteiger partial charge in [0.15, 0.2) is 0 Å². The van der Waals surface area contributed by atoms with Gasteiger partial charge < -0.3 is 11.5 Å². The number of anilines is 2. The van der Waals surface area contributed by atoms with E-state index in [9.17, 15) is 0 Å².